The normalized spacial score (nSPS) is 21.8. The highest BCUT2D eigenvalue weighted by Crippen LogP contribution is 2.48. The second kappa shape index (κ2) is 4.66. The fourth-order valence-electron chi connectivity index (χ4n) is 2.76. The Morgan fingerprint density at radius 1 is 1.32 bits per heavy atom. The molecule has 0 radical (unpaired) electrons. The number of carbonyl (C=O) groups excluding carboxylic acids is 1. The highest BCUT2D eigenvalue weighted by Gasteiger charge is 2.49. The zero-order valence-electron chi connectivity index (χ0n) is 11.9. The van der Waals surface area contributed by atoms with Crippen molar-refractivity contribution in [3.05, 3.63) is 35.9 Å². The van der Waals surface area contributed by atoms with Gasteiger partial charge in [0.05, 0.1) is 0 Å². The van der Waals surface area contributed by atoms with Gasteiger partial charge in [-0.3, -0.25) is 4.79 Å². The van der Waals surface area contributed by atoms with Gasteiger partial charge in [-0.05, 0) is 44.1 Å². The summed E-state index contributed by atoms with van der Waals surface area (Å²) >= 11 is 0. The van der Waals surface area contributed by atoms with Crippen molar-refractivity contribution in [2.75, 3.05) is 0 Å². The van der Waals surface area contributed by atoms with Crippen molar-refractivity contribution in [1.82, 2.24) is 4.90 Å². The molecule has 2 heteroatoms. The van der Waals surface area contributed by atoms with Gasteiger partial charge < -0.3 is 4.90 Å². The quantitative estimate of drug-likeness (QED) is 0.789. The summed E-state index contributed by atoms with van der Waals surface area (Å²) in [5.74, 6) is 1.10. The summed E-state index contributed by atoms with van der Waals surface area (Å²) in [7, 11) is 0. The molecule has 0 heterocycles. The average Bonchev–Trinajstić information content (AvgIpc) is 3.31. The second-order valence-corrected chi connectivity index (χ2v) is 6.56. The van der Waals surface area contributed by atoms with Gasteiger partial charge >= 0.3 is 0 Å². The molecule has 2 nitrogen and oxygen atoms in total. The number of hydrogen-bond acceptors (Lipinski definition) is 1. The van der Waals surface area contributed by atoms with Crippen LogP contribution >= 0.6 is 0 Å². The maximum Gasteiger partial charge on any atom is 0.229 e. The van der Waals surface area contributed by atoms with Gasteiger partial charge in [0, 0.05) is 18.0 Å². The zero-order chi connectivity index (χ0) is 13.5. The van der Waals surface area contributed by atoms with Crippen LogP contribution in [-0.2, 0) is 11.3 Å². The summed E-state index contributed by atoms with van der Waals surface area (Å²) in [5.41, 5.74) is 1.19. The van der Waals surface area contributed by atoms with Gasteiger partial charge in [-0.2, -0.15) is 0 Å². The van der Waals surface area contributed by atoms with Gasteiger partial charge in [0.25, 0.3) is 0 Å². The molecule has 2 aliphatic rings. The van der Waals surface area contributed by atoms with Crippen molar-refractivity contribution >= 4 is 5.91 Å². The Morgan fingerprint density at radius 2 is 1.95 bits per heavy atom. The molecule has 102 valence electrons. The number of benzene rings is 1. The summed E-state index contributed by atoms with van der Waals surface area (Å²) in [6, 6.07) is 10.8. The first kappa shape index (κ1) is 12.7. The monoisotopic (exact) mass is 257 g/mol. The minimum Gasteiger partial charge on any atom is -0.335 e. The third-order valence-corrected chi connectivity index (χ3v) is 4.77. The fraction of sp³-hybridized carbons (Fsp3) is 0.588. The number of carbonyl (C=O) groups is 1. The van der Waals surface area contributed by atoms with Crippen molar-refractivity contribution < 1.29 is 4.79 Å². The fourth-order valence-corrected chi connectivity index (χ4v) is 2.76. The molecular weight excluding hydrogens is 234 g/mol. The summed E-state index contributed by atoms with van der Waals surface area (Å²) in [4.78, 5) is 14.9. The molecule has 2 aliphatic carbocycles. The molecular formula is C17H23NO. The molecule has 1 amide bonds. The third-order valence-electron chi connectivity index (χ3n) is 4.77. The number of amides is 1. The van der Waals surface area contributed by atoms with E-state index in [-0.39, 0.29) is 5.41 Å². The summed E-state index contributed by atoms with van der Waals surface area (Å²) in [5, 5.41) is 0. The lowest BCUT2D eigenvalue weighted by molar-refractivity contribution is -0.139. The molecule has 1 unspecified atom stereocenters. The minimum atomic E-state index is -0.0576. The van der Waals surface area contributed by atoms with Crippen molar-refractivity contribution in [2.24, 2.45) is 11.3 Å². The van der Waals surface area contributed by atoms with E-state index < -0.39 is 0 Å². The summed E-state index contributed by atoms with van der Waals surface area (Å²) in [6.45, 7) is 5.12. The predicted molar refractivity (Wildman–Crippen MR) is 76.5 cm³/mol. The number of rotatable bonds is 5. The van der Waals surface area contributed by atoms with Crippen molar-refractivity contribution in [3.63, 3.8) is 0 Å². The maximum atomic E-state index is 12.7. The molecule has 1 aromatic rings. The van der Waals surface area contributed by atoms with Crippen LogP contribution in [0.15, 0.2) is 30.3 Å². The van der Waals surface area contributed by atoms with Crippen molar-refractivity contribution in [1.29, 1.82) is 0 Å². The average molecular weight is 257 g/mol. The molecule has 0 spiro atoms. The van der Waals surface area contributed by atoms with Gasteiger partial charge in [0.1, 0.15) is 0 Å². The topological polar surface area (TPSA) is 20.3 Å². The van der Waals surface area contributed by atoms with Gasteiger partial charge in [-0.1, -0.05) is 37.3 Å². The zero-order valence-corrected chi connectivity index (χ0v) is 11.9. The van der Waals surface area contributed by atoms with Crippen molar-refractivity contribution in [2.45, 2.75) is 52.1 Å². The van der Waals surface area contributed by atoms with Crippen molar-refractivity contribution in [3.8, 4) is 0 Å². The maximum absolute atomic E-state index is 12.7. The smallest absolute Gasteiger partial charge is 0.229 e. The first-order chi connectivity index (χ1) is 9.10. The van der Waals surface area contributed by atoms with E-state index in [0.717, 1.165) is 25.3 Å². The molecule has 2 fully saturated rings. The summed E-state index contributed by atoms with van der Waals surface area (Å²) in [6.07, 6.45) is 4.70. The lowest BCUT2D eigenvalue weighted by atomic mass is 10.0. The molecule has 3 rings (SSSR count). The Hall–Kier alpha value is -1.31. The Balaban J connectivity index is 1.77. The van der Waals surface area contributed by atoms with Crippen LogP contribution in [0.1, 0.15) is 45.1 Å². The highest BCUT2D eigenvalue weighted by atomic mass is 16.2. The van der Waals surface area contributed by atoms with Crippen LogP contribution in [0.2, 0.25) is 0 Å². The van der Waals surface area contributed by atoms with Gasteiger partial charge in [0.2, 0.25) is 5.91 Å². The Kier molecular flexibility index (Phi) is 3.12. The molecule has 19 heavy (non-hydrogen) atoms. The first-order valence-electron chi connectivity index (χ1n) is 7.45. The Labute approximate surface area is 115 Å². The SMILES string of the molecule is CC(C1CC1)N(Cc1ccccc1)C(=O)C1(C)CC1. The molecule has 0 aromatic heterocycles. The van der Waals surface area contributed by atoms with E-state index in [1.807, 2.05) is 6.07 Å². The van der Waals surface area contributed by atoms with Gasteiger partial charge in [0.15, 0.2) is 0 Å². The van der Waals surface area contributed by atoms with E-state index in [9.17, 15) is 4.79 Å². The second-order valence-electron chi connectivity index (χ2n) is 6.56. The van der Waals surface area contributed by atoms with Crippen LogP contribution in [0, 0.1) is 11.3 Å². The lowest BCUT2D eigenvalue weighted by Gasteiger charge is -2.32. The van der Waals surface area contributed by atoms with E-state index in [4.69, 9.17) is 0 Å². The number of nitrogens with zero attached hydrogens (tertiary/aromatic N) is 1. The van der Waals surface area contributed by atoms with Crippen LogP contribution in [0.3, 0.4) is 0 Å². The highest BCUT2D eigenvalue weighted by molar-refractivity contribution is 5.85. The predicted octanol–water partition coefficient (Wildman–Crippen LogP) is 3.61. The summed E-state index contributed by atoms with van der Waals surface area (Å²) < 4.78 is 0. The molecule has 0 N–H and O–H groups in total. The lowest BCUT2D eigenvalue weighted by Crippen LogP contribution is -2.42. The van der Waals surface area contributed by atoms with Gasteiger partial charge in [-0.25, -0.2) is 0 Å². The molecule has 1 aromatic carbocycles. The third kappa shape index (κ3) is 2.68. The van der Waals surface area contributed by atoms with E-state index in [1.165, 1.54) is 18.4 Å². The van der Waals surface area contributed by atoms with E-state index in [1.54, 1.807) is 0 Å². The standard InChI is InChI=1S/C17H23NO/c1-13(15-8-9-15)18(16(19)17(2)10-11-17)12-14-6-4-3-5-7-14/h3-7,13,15H,8-12H2,1-2H3. The van der Waals surface area contributed by atoms with Crippen LogP contribution in [-0.4, -0.2) is 16.8 Å². The Bertz CT molecular complexity index is 459. The first-order valence-corrected chi connectivity index (χ1v) is 7.45. The van der Waals surface area contributed by atoms with Crippen LogP contribution in [0.4, 0.5) is 0 Å². The Morgan fingerprint density at radius 3 is 2.47 bits per heavy atom. The molecule has 1 atom stereocenters. The van der Waals surface area contributed by atoms with Gasteiger partial charge in [-0.15, -0.1) is 0 Å². The van der Waals surface area contributed by atoms with Crippen LogP contribution in [0.5, 0.6) is 0 Å². The van der Waals surface area contributed by atoms with E-state index in [2.05, 4.69) is 43.0 Å². The molecule has 0 aliphatic heterocycles. The minimum absolute atomic E-state index is 0.0576. The molecule has 0 bridgehead atoms. The largest absolute Gasteiger partial charge is 0.335 e. The van der Waals surface area contributed by atoms with Crippen LogP contribution < -0.4 is 0 Å². The molecule has 2 saturated carbocycles. The van der Waals surface area contributed by atoms with E-state index in [0.29, 0.717) is 11.9 Å². The molecule has 0 saturated heterocycles. The van der Waals surface area contributed by atoms with Crippen LogP contribution in [0.25, 0.3) is 0 Å². The number of hydrogen-bond donors (Lipinski definition) is 0. The van der Waals surface area contributed by atoms with E-state index >= 15 is 0 Å².